The highest BCUT2D eigenvalue weighted by Crippen LogP contribution is 2.20. The van der Waals surface area contributed by atoms with Crippen molar-refractivity contribution in [2.75, 3.05) is 11.1 Å². The first-order valence-electron chi connectivity index (χ1n) is 7.93. The number of anilines is 1. The predicted molar refractivity (Wildman–Crippen MR) is 103 cm³/mol. The molecule has 0 aliphatic heterocycles. The standard InChI is InChI=1S/C18H20N4OS2/c1-12-6-7-14(9-13(12)2)19-17(23)11-25-18-21-20-16(22(18)3)10-15-5-4-8-24-15/h4-9H,10-11H2,1-3H3,(H,19,23). The summed E-state index contributed by atoms with van der Waals surface area (Å²) in [5.74, 6) is 1.16. The van der Waals surface area contributed by atoms with Crippen LogP contribution in [-0.4, -0.2) is 26.4 Å². The van der Waals surface area contributed by atoms with E-state index in [0.717, 1.165) is 28.7 Å². The van der Waals surface area contributed by atoms with Crippen molar-refractivity contribution < 1.29 is 4.79 Å². The summed E-state index contributed by atoms with van der Waals surface area (Å²) in [7, 11) is 1.94. The van der Waals surface area contributed by atoms with E-state index in [1.54, 1.807) is 11.3 Å². The van der Waals surface area contributed by atoms with Gasteiger partial charge in [0, 0.05) is 24.0 Å². The normalized spacial score (nSPS) is 10.8. The molecule has 5 nitrogen and oxygen atoms in total. The highest BCUT2D eigenvalue weighted by molar-refractivity contribution is 7.99. The Hall–Kier alpha value is -2.12. The Balaban J connectivity index is 1.57. The molecule has 2 heterocycles. The van der Waals surface area contributed by atoms with Crippen LogP contribution in [0.4, 0.5) is 5.69 Å². The number of amides is 1. The highest BCUT2D eigenvalue weighted by atomic mass is 32.2. The summed E-state index contributed by atoms with van der Waals surface area (Å²) < 4.78 is 1.95. The van der Waals surface area contributed by atoms with Gasteiger partial charge in [-0.05, 0) is 48.6 Å². The maximum Gasteiger partial charge on any atom is 0.234 e. The summed E-state index contributed by atoms with van der Waals surface area (Å²) in [5, 5.41) is 14.2. The molecule has 0 saturated heterocycles. The van der Waals surface area contributed by atoms with Gasteiger partial charge in [-0.15, -0.1) is 21.5 Å². The SMILES string of the molecule is Cc1ccc(NC(=O)CSc2nnc(Cc3cccs3)n2C)cc1C. The van der Waals surface area contributed by atoms with Gasteiger partial charge in [-0.25, -0.2) is 0 Å². The number of nitrogens with one attached hydrogen (secondary N) is 1. The number of carbonyl (C=O) groups excluding carboxylic acids is 1. The Kier molecular flexibility index (Phi) is 5.55. The monoisotopic (exact) mass is 372 g/mol. The van der Waals surface area contributed by atoms with E-state index in [2.05, 4.69) is 33.9 Å². The zero-order chi connectivity index (χ0) is 17.8. The van der Waals surface area contributed by atoms with Crippen LogP contribution in [-0.2, 0) is 18.3 Å². The average Bonchev–Trinajstić information content (AvgIpc) is 3.21. The number of rotatable bonds is 6. The smallest absolute Gasteiger partial charge is 0.234 e. The van der Waals surface area contributed by atoms with Gasteiger partial charge < -0.3 is 9.88 Å². The lowest BCUT2D eigenvalue weighted by Crippen LogP contribution is -2.14. The van der Waals surface area contributed by atoms with E-state index in [4.69, 9.17) is 0 Å². The fraction of sp³-hybridized carbons (Fsp3) is 0.278. The lowest BCUT2D eigenvalue weighted by Gasteiger charge is -2.07. The third-order valence-electron chi connectivity index (χ3n) is 3.96. The molecule has 0 spiro atoms. The third kappa shape index (κ3) is 4.49. The average molecular weight is 373 g/mol. The van der Waals surface area contributed by atoms with Crippen molar-refractivity contribution in [1.82, 2.24) is 14.8 Å². The molecule has 0 bridgehead atoms. The minimum absolute atomic E-state index is 0.0453. The maximum atomic E-state index is 12.2. The first kappa shape index (κ1) is 17.7. The van der Waals surface area contributed by atoms with Crippen molar-refractivity contribution in [3.8, 4) is 0 Å². The molecule has 130 valence electrons. The summed E-state index contributed by atoms with van der Waals surface area (Å²) in [6, 6.07) is 10.0. The Morgan fingerprint density at radius 2 is 2.08 bits per heavy atom. The van der Waals surface area contributed by atoms with Gasteiger partial charge in [-0.1, -0.05) is 23.9 Å². The molecule has 3 rings (SSSR count). The van der Waals surface area contributed by atoms with Gasteiger partial charge in [0.05, 0.1) is 5.75 Å². The summed E-state index contributed by atoms with van der Waals surface area (Å²) in [6.45, 7) is 4.09. The molecule has 1 amide bonds. The first-order chi connectivity index (χ1) is 12.0. The van der Waals surface area contributed by atoms with Crippen LogP contribution < -0.4 is 5.32 Å². The van der Waals surface area contributed by atoms with Crippen LogP contribution in [0.15, 0.2) is 40.9 Å². The van der Waals surface area contributed by atoms with Crippen molar-refractivity contribution in [2.45, 2.75) is 25.4 Å². The van der Waals surface area contributed by atoms with Crippen molar-refractivity contribution >= 4 is 34.7 Å². The molecule has 0 aliphatic rings. The molecular weight excluding hydrogens is 352 g/mol. The third-order valence-corrected chi connectivity index (χ3v) is 5.86. The van der Waals surface area contributed by atoms with E-state index in [9.17, 15) is 4.79 Å². The largest absolute Gasteiger partial charge is 0.325 e. The van der Waals surface area contributed by atoms with Gasteiger partial charge in [0.2, 0.25) is 5.91 Å². The molecule has 0 atom stereocenters. The Morgan fingerprint density at radius 1 is 1.24 bits per heavy atom. The summed E-state index contributed by atoms with van der Waals surface area (Å²) in [6.07, 6.45) is 0.760. The summed E-state index contributed by atoms with van der Waals surface area (Å²) in [5.41, 5.74) is 3.20. The Morgan fingerprint density at radius 3 is 2.80 bits per heavy atom. The minimum atomic E-state index is -0.0453. The minimum Gasteiger partial charge on any atom is -0.325 e. The highest BCUT2D eigenvalue weighted by Gasteiger charge is 2.12. The number of benzene rings is 1. The molecule has 0 aliphatic carbocycles. The molecule has 7 heteroatoms. The number of carbonyl (C=O) groups is 1. The number of thioether (sulfide) groups is 1. The van der Waals surface area contributed by atoms with E-state index in [1.807, 2.05) is 42.8 Å². The van der Waals surface area contributed by atoms with E-state index in [1.165, 1.54) is 22.2 Å². The molecular formula is C18H20N4OS2. The van der Waals surface area contributed by atoms with E-state index in [-0.39, 0.29) is 5.91 Å². The van der Waals surface area contributed by atoms with Gasteiger partial charge in [-0.3, -0.25) is 4.79 Å². The van der Waals surface area contributed by atoms with Gasteiger partial charge in [-0.2, -0.15) is 0 Å². The molecule has 3 aromatic rings. The van der Waals surface area contributed by atoms with E-state index < -0.39 is 0 Å². The van der Waals surface area contributed by atoms with Crippen molar-refractivity contribution in [2.24, 2.45) is 7.05 Å². The topological polar surface area (TPSA) is 59.8 Å². The molecule has 25 heavy (non-hydrogen) atoms. The molecule has 0 saturated carbocycles. The van der Waals surface area contributed by atoms with Crippen LogP contribution in [0.25, 0.3) is 0 Å². The first-order valence-corrected chi connectivity index (χ1v) is 9.80. The number of nitrogens with zero attached hydrogens (tertiary/aromatic N) is 3. The van der Waals surface area contributed by atoms with E-state index in [0.29, 0.717) is 5.75 Å². The molecule has 2 aromatic heterocycles. The second kappa shape index (κ2) is 7.84. The van der Waals surface area contributed by atoms with Crippen LogP contribution in [0.3, 0.4) is 0 Å². The van der Waals surface area contributed by atoms with E-state index >= 15 is 0 Å². The Bertz CT molecular complexity index is 871. The second-order valence-corrected chi connectivity index (χ2v) is 7.82. The number of hydrogen-bond acceptors (Lipinski definition) is 5. The number of aromatic nitrogens is 3. The Labute approximate surface area is 155 Å². The van der Waals surface area contributed by atoms with Gasteiger partial charge in [0.25, 0.3) is 0 Å². The van der Waals surface area contributed by atoms with Crippen LogP contribution in [0.2, 0.25) is 0 Å². The van der Waals surface area contributed by atoms with Gasteiger partial charge in [0.1, 0.15) is 5.82 Å². The summed E-state index contributed by atoms with van der Waals surface area (Å²) in [4.78, 5) is 13.4. The van der Waals surface area contributed by atoms with Crippen LogP contribution >= 0.6 is 23.1 Å². The van der Waals surface area contributed by atoms with Crippen LogP contribution in [0, 0.1) is 13.8 Å². The lowest BCUT2D eigenvalue weighted by molar-refractivity contribution is -0.113. The van der Waals surface area contributed by atoms with Gasteiger partial charge >= 0.3 is 0 Å². The number of thiophene rings is 1. The zero-order valence-corrected chi connectivity index (χ0v) is 16.1. The van der Waals surface area contributed by atoms with Crippen molar-refractivity contribution in [3.05, 3.63) is 57.5 Å². The molecule has 0 unspecified atom stereocenters. The molecule has 0 radical (unpaired) electrons. The van der Waals surface area contributed by atoms with Crippen molar-refractivity contribution in [3.63, 3.8) is 0 Å². The van der Waals surface area contributed by atoms with Crippen molar-refractivity contribution in [1.29, 1.82) is 0 Å². The maximum absolute atomic E-state index is 12.2. The summed E-state index contributed by atoms with van der Waals surface area (Å²) >= 11 is 3.10. The molecule has 1 N–H and O–H groups in total. The van der Waals surface area contributed by atoms with Crippen LogP contribution in [0.1, 0.15) is 21.8 Å². The second-order valence-electron chi connectivity index (χ2n) is 5.85. The van der Waals surface area contributed by atoms with Gasteiger partial charge in [0.15, 0.2) is 5.16 Å². The predicted octanol–water partition coefficient (Wildman–Crippen LogP) is 3.82. The number of hydrogen-bond donors (Lipinski definition) is 1. The lowest BCUT2D eigenvalue weighted by atomic mass is 10.1. The fourth-order valence-electron chi connectivity index (χ4n) is 2.34. The quantitative estimate of drug-likeness (QED) is 0.668. The zero-order valence-electron chi connectivity index (χ0n) is 14.4. The van der Waals surface area contributed by atoms with Crippen LogP contribution in [0.5, 0.6) is 0 Å². The fourth-order valence-corrected chi connectivity index (χ4v) is 3.77. The number of aryl methyl sites for hydroxylation is 2. The molecule has 1 aromatic carbocycles. The molecule has 0 fully saturated rings.